The van der Waals surface area contributed by atoms with E-state index in [0.29, 0.717) is 24.7 Å². The molecule has 0 bridgehead atoms. The van der Waals surface area contributed by atoms with Gasteiger partial charge in [0.2, 0.25) is 5.91 Å². The minimum atomic E-state index is -0.742. The summed E-state index contributed by atoms with van der Waals surface area (Å²) in [7, 11) is 0. The van der Waals surface area contributed by atoms with E-state index in [1.54, 1.807) is 0 Å². The Morgan fingerprint density at radius 1 is 1.35 bits per heavy atom. The van der Waals surface area contributed by atoms with Crippen LogP contribution in [0.4, 0.5) is 0 Å². The zero-order chi connectivity index (χ0) is 15.3. The molecule has 2 unspecified atom stereocenters. The molecule has 0 aromatic heterocycles. The van der Waals surface area contributed by atoms with E-state index in [-0.39, 0.29) is 17.7 Å². The van der Waals surface area contributed by atoms with Crippen LogP contribution in [0, 0.1) is 17.3 Å². The van der Waals surface area contributed by atoms with Crippen molar-refractivity contribution in [2.24, 2.45) is 17.3 Å². The lowest BCUT2D eigenvalue weighted by Gasteiger charge is -2.25. The first-order chi connectivity index (χ1) is 9.17. The number of nitrogens with zero attached hydrogens (tertiary/aromatic N) is 1. The zero-order valence-electron chi connectivity index (χ0n) is 13.3. The summed E-state index contributed by atoms with van der Waals surface area (Å²) in [6, 6.07) is 0. The predicted molar refractivity (Wildman–Crippen MR) is 79.4 cm³/mol. The van der Waals surface area contributed by atoms with Crippen molar-refractivity contribution < 1.29 is 14.7 Å². The van der Waals surface area contributed by atoms with E-state index in [9.17, 15) is 9.59 Å². The van der Waals surface area contributed by atoms with Gasteiger partial charge in [-0.1, -0.05) is 27.7 Å². The van der Waals surface area contributed by atoms with Gasteiger partial charge in [-0.3, -0.25) is 9.59 Å². The highest BCUT2D eigenvalue weighted by Crippen LogP contribution is 2.28. The first-order valence-corrected chi connectivity index (χ1v) is 7.67. The Morgan fingerprint density at radius 2 is 2.00 bits per heavy atom. The van der Waals surface area contributed by atoms with Gasteiger partial charge in [0, 0.05) is 25.9 Å². The molecule has 1 fully saturated rings. The average Bonchev–Trinajstić information content (AvgIpc) is 2.71. The second-order valence-corrected chi connectivity index (χ2v) is 7.50. The van der Waals surface area contributed by atoms with E-state index < -0.39 is 5.97 Å². The van der Waals surface area contributed by atoms with Crippen LogP contribution in [0.5, 0.6) is 0 Å². The van der Waals surface area contributed by atoms with Crippen LogP contribution in [0.15, 0.2) is 0 Å². The molecule has 1 N–H and O–H groups in total. The molecular weight excluding hydrogens is 254 g/mol. The van der Waals surface area contributed by atoms with Gasteiger partial charge in [0.25, 0.3) is 0 Å². The maximum atomic E-state index is 12.2. The molecule has 116 valence electrons. The number of hydrogen-bond acceptors (Lipinski definition) is 2. The van der Waals surface area contributed by atoms with Crippen LogP contribution in [0.25, 0.3) is 0 Å². The Hall–Kier alpha value is -1.06. The number of carboxylic acids is 1. The number of carbonyl (C=O) groups is 2. The van der Waals surface area contributed by atoms with E-state index >= 15 is 0 Å². The molecular formula is C16H29NO3. The first-order valence-electron chi connectivity index (χ1n) is 7.67. The smallest absolute Gasteiger partial charge is 0.303 e. The largest absolute Gasteiger partial charge is 0.481 e. The second kappa shape index (κ2) is 7.09. The third-order valence-corrected chi connectivity index (χ3v) is 3.89. The summed E-state index contributed by atoms with van der Waals surface area (Å²) in [6.45, 7) is 10.3. The zero-order valence-corrected chi connectivity index (χ0v) is 13.3. The van der Waals surface area contributed by atoms with Crippen molar-refractivity contribution in [3.8, 4) is 0 Å². The van der Waals surface area contributed by atoms with E-state index in [1.807, 2.05) is 4.90 Å². The molecule has 0 aromatic rings. The molecule has 1 aliphatic heterocycles. The van der Waals surface area contributed by atoms with Crippen molar-refractivity contribution in [3.63, 3.8) is 0 Å². The molecule has 0 spiro atoms. The summed E-state index contributed by atoms with van der Waals surface area (Å²) in [5, 5.41) is 8.70. The maximum Gasteiger partial charge on any atom is 0.303 e. The maximum absolute atomic E-state index is 12.2. The predicted octanol–water partition coefficient (Wildman–Crippen LogP) is 3.16. The SMILES string of the molecule is CC(CC(=O)N1CCC(CCC(=O)O)C1)CC(C)(C)C. The molecule has 4 heteroatoms. The van der Waals surface area contributed by atoms with Crippen LogP contribution in [-0.2, 0) is 9.59 Å². The van der Waals surface area contributed by atoms with Gasteiger partial charge >= 0.3 is 5.97 Å². The second-order valence-electron chi connectivity index (χ2n) is 7.50. The summed E-state index contributed by atoms with van der Waals surface area (Å²) in [5.74, 6) is 0.265. The topological polar surface area (TPSA) is 57.6 Å². The van der Waals surface area contributed by atoms with Crippen molar-refractivity contribution in [2.45, 2.75) is 59.8 Å². The fourth-order valence-electron chi connectivity index (χ4n) is 3.17. The van der Waals surface area contributed by atoms with Crippen LogP contribution in [0.2, 0.25) is 0 Å². The first kappa shape index (κ1) is 17.0. The van der Waals surface area contributed by atoms with Crippen molar-refractivity contribution >= 4 is 11.9 Å². The normalized spacial score (nSPS) is 21.0. The van der Waals surface area contributed by atoms with E-state index in [1.165, 1.54) is 0 Å². The van der Waals surface area contributed by atoms with Gasteiger partial charge in [0.15, 0.2) is 0 Å². The van der Waals surface area contributed by atoms with Crippen molar-refractivity contribution in [1.29, 1.82) is 0 Å². The highest BCUT2D eigenvalue weighted by molar-refractivity contribution is 5.76. The average molecular weight is 283 g/mol. The van der Waals surface area contributed by atoms with Crippen LogP contribution in [-0.4, -0.2) is 35.0 Å². The Kier molecular flexibility index (Phi) is 6.03. The minimum Gasteiger partial charge on any atom is -0.481 e. The molecule has 20 heavy (non-hydrogen) atoms. The Morgan fingerprint density at radius 3 is 2.55 bits per heavy atom. The summed E-state index contributed by atoms with van der Waals surface area (Å²) in [6.07, 6.45) is 3.52. The van der Waals surface area contributed by atoms with Crippen molar-refractivity contribution in [2.75, 3.05) is 13.1 Å². The third kappa shape index (κ3) is 6.40. The van der Waals surface area contributed by atoms with Gasteiger partial charge in [-0.05, 0) is 36.5 Å². The molecule has 4 nitrogen and oxygen atoms in total. The van der Waals surface area contributed by atoms with Crippen LogP contribution in [0.3, 0.4) is 0 Å². The van der Waals surface area contributed by atoms with Crippen molar-refractivity contribution in [3.05, 3.63) is 0 Å². The molecule has 2 atom stereocenters. The highest BCUT2D eigenvalue weighted by atomic mass is 16.4. The minimum absolute atomic E-state index is 0.215. The Labute approximate surface area is 122 Å². The van der Waals surface area contributed by atoms with Crippen LogP contribution < -0.4 is 0 Å². The molecule has 0 saturated carbocycles. The number of carbonyl (C=O) groups excluding carboxylic acids is 1. The summed E-state index contributed by atoms with van der Waals surface area (Å²) in [4.78, 5) is 24.7. The molecule has 0 aromatic carbocycles. The fraction of sp³-hybridized carbons (Fsp3) is 0.875. The molecule has 1 saturated heterocycles. The van der Waals surface area contributed by atoms with Crippen LogP contribution in [0.1, 0.15) is 59.8 Å². The summed E-state index contributed by atoms with van der Waals surface area (Å²) >= 11 is 0. The lowest BCUT2D eigenvalue weighted by atomic mass is 9.84. The number of hydrogen-bond donors (Lipinski definition) is 1. The van der Waals surface area contributed by atoms with Gasteiger partial charge in [0.1, 0.15) is 0 Å². The molecule has 1 rings (SSSR count). The number of carboxylic acid groups (broad SMARTS) is 1. The number of amides is 1. The molecule has 0 radical (unpaired) electrons. The quantitative estimate of drug-likeness (QED) is 0.814. The van der Waals surface area contributed by atoms with E-state index in [0.717, 1.165) is 25.9 Å². The van der Waals surface area contributed by atoms with Crippen LogP contribution >= 0.6 is 0 Å². The van der Waals surface area contributed by atoms with Gasteiger partial charge < -0.3 is 10.0 Å². The number of likely N-dealkylation sites (tertiary alicyclic amines) is 1. The summed E-state index contributed by atoms with van der Waals surface area (Å²) in [5.41, 5.74) is 0.259. The number of rotatable bonds is 6. The molecule has 1 heterocycles. The lowest BCUT2D eigenvalue weighted by molar-refractivity contribution is -0.137. The van der Waals surface area contributed by atoms with Crippen molar-refractivity contribution in [1.82, 2.24) is 4.90 Å². The van der Waals surface area contributed by atoms with Gasteiger partial charge in [-0.15, -0.1) is 0 Å². The van der Waals surface area contributed by atoms with Gasteiger partial charge in [-0.2, -0.15) is 0 Å². The standard InChI is InChI=1S/C16H29NO3/c1-12(10-16(2,3)4)9-14(18)17-8-7-13(11-17)5-6-15(19)20/h12-13H,5-11H2,1-4H3,(H,19,20). The fourth-order valence-corrected chi connectivity index (χ4v) is 3.17. The lowest BCUT2D eigenvalue weighted by Crippen LogP contribution is -2.30. The third-order valence-electron chi connectivity index (χ3n) is 3.89. The Balaban J connectivity index is 2.33. The number of aliphatic carboxylic acids is 1. The van der Waals surface area contributed by atoms with E-state index in [4.69, 9.17) is 5.11 Å². The Bertz CT molecular complexity index is 346. The molecule has 1 aliphatic rings. The monoisotopic (exact) mass is 283 g/mol. The summed E-state index contributed by atoms with van der Waals surface area (Å²) < 4.78 is 0. The molecule has 0 aliphatic carbocycles. The molecule has 1 amide bonds. The highest BCUT2D eigenvalue weighted by Gasteiger charge is 2.27. The van der Waals surface area contributed by atoms with Gasteiger partial charge in [-0.25, -0.2) is 0 Å². The van der Waals surface area contributed by atoms with Gasteiger partial charge in [0.05, 0.1) is 0 Å². The van der Waals surface area contributed by atoms with E-state index in [2.05, 4.69) is 27.7 Å².